The van der Waals surface area contributed by atoms with Crippen molar-refractivity contribution in [2.45, 2.75) is 72.8 Å². The summed E-state index contributed by atoms with van der Waals surface area (Å²) in [5.74, 6) is -1.84. The number of rotatable bonds is 13. The molecule has 0 saturated heterocycles. The molecule has 7 nitrogen and oxygen atoms in total. The van der Waals surface area contributed by atoms with Gasteiger partial charge in [0.1, 0.15) is 6.61 Å². The second-order valence-electron chi connectivity index (χ2n) is 9.09. The van der Waals surface area contributed by atoms with Gasteiger partial charge in [0.05, 0.1) is 12.1 Å². The molecule has 7 heteroatoms. The maximum Gasteiger partial charge on any atom is 0.303 e. The Balaban J connectivity index is 1.91. The number of carbonyl (C=O) groups excluding carboxylic acids is 1. The van der Waals surface area contributed by atoms with Crippen LogP contribution in [0.2, 0.25) is 0 Å². The van der Waals surface area contributed by atoms with Crippen molar-refractivity contribution >= 4 is 11.9 Å². The number of phenolic OH excluding ortho intramolecular Hbond substituents is 2. The van der Waals surface area contributed by atoms with Crippen molar-refractivity contribution in [3.8, 4) is 17.2 Å². The molecule has 0 aliphatic carbocycles. The summed E-state index contributed by atoms with van der Waals surface area (Å²) in [5, 5.41) is 29.7. The Morgan fingerprint density at radius 2 is 1.68 bits per heavy atom. The zero-order valence-corrected chi connectivity index (χ0v) is 20.7. The van der Waals surface area contributed by atoms with E-state index in [1.165, 1.54) is 22.1 Å². The summed E-state index contributed by atoms with van der Waals surface area (Å²) in [6.07, 6.45) is 10.7. The van der Waals surface area contributed by atoms with Crippen molar-refractivity contribution < 1.29 is 29.6 Å². The highest BCUT2D eigenvalue weighted by Gasteiger charge is 2.32. The lowest BCUT2D eigenvalue weighted by atomic mass is 10.1. The Kier molecular flexibility index (Phi) is 10.2. The van der Waals surface area contributed by atoms with Gasteiger partial charge in [0.15, 0.2) is 11.5 Å². The highest BCUT2D eigenvalue weighted by Crippen LogP contribution is 2.44. The fraction of sp³-hybridized carbons (Fsp3) is 0.481. The Morgan fingerprint density at radius 3 is 2.32 bits per heavy atom. The second kappa shape index (κ2) is 12.9. The van der Waals surface area contributed by atoms with E-state index in [4.69, 9.17) is 9.84 Å². The van der Waals surface area contributed by atoms with E-state index in [0.29, 0.717) is 12.0 Å². The molecule has 3 N–H and O–H groups in total. The average molecular weight is 472 g/mol. The summed E-state index contributed by atoms with van der Waals surface area (Å²) in [4.78, 5) is 24.7. The summed E-state index contributed by atoms with van der Waals surface area (Å²) < 4.78 is 5.64. The van der Waals surface area contributed by atoms with Gasteiger partial charge in [0.25, 0.3) is 5.91 Å². The molecule has 0 bridgehead atoms. The van der Waals surface area contributed by atoms with Crippen LogP contribution in [0.5, 0.6) is 17.2 Å². The Labute approximate surface area is 202 Å². The molecule has 186 valence electrons. The molecule has 0 aromatic heterocycles. The zero-order chi connectivity index (χ0) is 25.3. The molecule has 1 aromatic rings. The molecule has 1 amide bonds. The largest absolute Gasteiger partial charge is 0.504 e. The third kappa shape index (κ3) is 7.97. The minimum absolute atomic E-state index is 0.0390. The zero-order valence-electron chi connectivity index (χ0n) is 20.7. The van der Waals surface area contributed by atoms with E-state index in [-0.39, 0.29) is 54.8 Å². The monoisotopic (exact) mass is 471 g/mol. The predicted molar refractivity (Wildman–Crippen MR) is 132 cm³/mol. The number of aromatic hydroxyl groups is 2. The predicted octanol–water partition coefficient (Wildman–Crippen LogP) is 5.72. The first kappa shape index (κ1) is 27.0. The molecule has 1 aromatic carbocycles. The third-order valence-electron chi connectivity index (χ3n) is 5.81. The molecule has 34 heavy (non-hydrogen) atoms. The molecule has 0 radical (unpaired) electrons. The minimum atomic E-state index is -0.922. The van der Waals surface area contributed by atoms with Crippen LogP contribution in [0.1, 0.15) is 82.1 Å². The Hall–Kier alpha value is -3.22. The average Bonchev–Trinajstić information content (AvgIpc) is 3.06. The second-order valence-corrected chi connectivity index (χ2v) is 9.09. The highest BCUT2D eigenvalue weighted by molar-refractivity contribution is 6.00. The van der Waals surface area contributed by atoms with Crippen molar-refractivity contribution in [3.63, 3.8) is 0 Å². The van der Waals surface area contributed by atoms with Gasteiger partial charge in [0.2, 0.25) is 5.75 Å². The van der Waals surface area contributed by atoms with E-state index in [1.807, 2.05) is 13.0 Å². The molecule has 1 aliphatic heterocycles. The molecular formula is C27H37NO6. The maximum atomic E-state index is 12.5. The van der Waals surface area contributed by atoms with Crippen molar-refractivity contribution in [2.24, 2.45) is 0 Å². The van der Waals surface area contributed by atoms with Crippen LogP contribution in [0, 0.1) is 0 Å². The van der Waals surface area contributed by atoms with Gasteiger partial charge in [-0.2, -0.15) is 0 Å². The molecule has 1 aliphatic rings. The fourth-order valence-corrected chi connectivity index (χ4v) is 3.81. The normalized spacial score (nSPS) is 13.8. The SMILES string of the molecule is CC(C)=CCCC(C)=CCCC(C)=CCOc1c(O)cc2c(c1O)CN(CCCC(=O)O)C2=O. The number of benzene rings is 1. The summed E-state index contributed by atoms with van der Waals surface area (Å²) in [7, 11) is 0. The maximum absolute atomic E-state index is 12.5. The standard InChI is InChI=1S/C27H37NO6/c1-18(2)8-5-9-19(3)10-6-11-20(4)13-15-34-26-23(29)16-21-22(25(26)32)17-28(27(21)33)14-7-12-24(30)31/h8,10,13,16,29,32H,5-7,9,11-12,14-15,17H2,1-4H3,(H,30,31). The summed E-state index contributed by atoms with van der Waals surface area (Å²) >= 11 is 0. The number of ether oxygens (including phenoxy) is 1. The number of aliphatic carboxylic acids is 1. The number of amides is 1. The van der Waals surface area contributed by atoms with Crippen molar-refractivity contribution in [2.75, 3.05) is 13.2 Å². The fourth-order valence-electron chi connectivity index (χ4n) is 3.81. The number of phenols is 2. The van der Waals surface area contributed by atoms with Gasteiger partial charge in [-0.15, -0.1) is 0 Å². The van der Waals surface area contributed by atoms with Crippen LogP contribution in [0.4, 0.5) is 0 Å². The van der Waals surface area contributed by atoms with Crippen LogP contribution in [0.15, 0.2) is 41.0 Å². The van der Waals surface area contributed by atoms with Gasteiger partial charge in [-0.05, 0) is 71.9 Å². The first-order chi connectivity index (χ1) is 16.1. The number of nitrogens with zero attached hydrogens (tertiary/aromatic N) is 1. The molecule has 0 spiro atoms. The van der Waals surface area contributed by atoms with E-state index < -0.39 is 5.97 Å². The van der Waals surface area contributed by atoms with Crippen LogP contribution in [-0.4, -0.2) is 45.2 Å². The first-order valence-electron chi connectivity index (χ1n) is 11.8. The van der Waals surface area contributed by atoms with E-state index in [9.17, 15) is 19.8 Å². The Morgan fingerprint density at radius 1 is 1.03 bits per heavy atom. The van der Waals surface area contributed by atoms with Crippen LogP contribution in [0.25, 0.3) is 0 Å². The van der Waals surface area contributed by atoms with Crippen LogP contribution < -0.4 is 4.74 Å². The van der Waals surface area contributed by atoms with E-state index >= 15 is 0 Å². The first-order valence-corrected chi connectivity index (χ1v) is 11.8. The van der Waals surface area contributed by atoms with Gasteiger partial charge in [0, 0.05) is 18.5 Å². The van der Waals surface area contributed by atoms with Crippen LogP contribution in [0.3, 0.4) is 0 Å². The molecule has 0 unspecified atom stereocenters. The third-order valence-corrected chi connectivity index (χ3v) is 5.81. The number of carboxylic acid groups (broad SMARTS) is 1. The van der Waals surface area contributed by atoms with Gasteiger partial charge in [-0.1, -0.05) is 28.9 Å². The molecule has 0 atom stereocenters. The number of carboxylic acids is 1. The lowest BCUT2D eigenvalue weighted by molar-refractivity contribution is -0.137. The van der Waals surface area contributed by atoms with E-state index in [2.05, 4.69) is 32.9 Å². The highest BCUT2D eigenvalue weighted by atomic mass is 16.5. The quantitative estimate of drug-likeness (QED) is 0.318. The lowest BCUT2D eigenvalue weighted by Crippen LogP contribution is -2.25. The summed E-state index contributed by atoms with van der Waals surface area (Å²) in [6.45, 7) is 8.99. The molecule has 0 saturated carbocycles. The number of carbonyl (C=O) groups is 2. The number of fused-ring (bicyclic) bond motifs is 1. The van der Waals surface area contributed by atoms with Crippen LogP contribution in [-0.2, 0) is 11.3 Å². The number of allylic oxidation sites excluding steroid dienone is 5. The summed E-state index contributed by atoms with van der Waals surface area (Å²) in [6, 6.07) is 1.31. The van der Waals surface area contributed by atoms with E-state index in [1.54, 1.807) is 0 Å². The van der Waals surface area contributed by atoms with E-state index in [0.717, 1.165) is 31.3 Å². The molecular weight excluding hydrogens is 434 g/mol. The van der Waals surface area contributed by atoms with Gasteiger partial charge in [-0.25, -0.2) is 0 Å². The van der Waals surface area contributed by atoms with Crippen LogP contribution >= 0.6 is 0 Å². The smallest absolute Gasteiger partial charge is 0.303 e. The molecule has 2 rings (SSSR count). The van der Waals surface area contributed by atoms with Gasteiger partial charge in [-0.3, -0.25) is 9.59 Å². The molecule has 1 heterocycles. The van der Waals surface area contributed by atoms with Crippen molar-refractivity contribution in [1.82, 2.24) is 4.90 Å². The number of hydrogen-bond acceptors (Lipinski definition) is 5. The van der Waals surface area contributed by atoms with Crippen molar-refractivity contribution in [3.05, 3.63) is 52.1 Å². The summed E-state index contributed by atoms with van der Waals surface area (Å²) in [5.41, 5.74) is 4.47. The topological polar surface area (TPSA) is 107 Å². The molecule has 0 fully saturated rings. The van der Waals surface area contributed by atoms with Gasteiger partial charge >= 0.3 is 5.97 Å². The minimum Gasteiger partial charge on any atom is -0.504 e. The number of hydrogen-bond donors (Lipinski definition) is 3. The van der Waals surface area contributed by atoms with Gasteiger partial charge < -0.3 is 25.0 Å². The Bertz CT molecular complexity index is 985. The lowest BCUT2D eigenvalue weighted by Gasteiger charge is -2.14. The van der Waals surface area contributed by atoms with Crippen molar-refractivity contribution in [1.29, 1.82) is 0 Å².